The Morgan fingerprint density at radius 1 is 1.26 bits per heavy atom. The standard InChI is InChI=1S/C14H17N5/c1-8(18-15)9-5-6-12-11(7-9)10-3-2-4-13(19-16)14(10)17-12/h5-7,17H,2-4,15-16H2,1H3/b18-8+,19-13+. The third-order valence-corrected chi connectivity index (χ3v) is 3.80. The molecule has 1 heterocycles. The van der Waals surface area contributed by atoms with Gasteiger partial charge in [-0.3, -0.25) is 0 Å². The maximum absolute atomic E-state index is 5.47. The van der Waals surface area contributed by atoms with Gasteiger partial charge in [0.2, 0.25) is 0 Å². The Morgan fingerprint density at radius 3 is 2.84 bits per heavy atom. The van der Waals surface area contributed by atoms with Crippen LogP contribution in [-0.4, -0.2) is 16.4 Å². The van der Waals surface area contributed by atoms with Crippen molar-refractivity contribution in [3.05, 3.63) is 35.0 Å². The number of hydrogen-bond donors (Lipinski definition) is 3. The number of H-pyrrole nitrogens is 1. The summed E-state index contributed by atoms with van der Waals surface area (Å²) >= 11 is 0. The SMILES string of the molecule is C/C(=N\N)c1ccc2[nH]c3c(c2c1)CCC/C3=N\N. The molecule has 0 atom stereocenters. The van der Waals surface area contributed by atoms with Gasteiger partial charge in [-0.15, -0.1) is 0 Å². The molecule has 5 nitrogen and oxygen atoms in total. The molecule has 1 aromatic heterocycles. The van der Waals surface area contributed by atoms with Crippen molar-refractivity contribution in [3.8, 4) is 0 Å². The molecule has 0 radical (unpaired) electrons. The number of aryl methyl sites for hydroxylation is 1. The number of fused-ring (bicyclic) bond motifs is 3. The quantitative estimate of drug-likeness (QED) is 0.412. The number of aromatic amines is 1. The van der Waals surface area contributed by atoms with Gasteiger partial charge in [0.15, 0.2) is 0 Å². The Labute approximate surface area is 111 Å². The van der Waals surface area contributed by atoms with Gasteiger partial charge in [0, 0.05) is 10.9 Å². The molecule has 3 rings (SSSR count). The minimum atomic E-state index is 0.834. The van der Waals surface area contributed by atoms with E-state index in [-0.39, 0.29) is 0 Å². The highest BCUT2D eigenvalue weighted by molar-refractivity contribution is 6.08. The van der Waals surface area contributed by atoms with Crippen LogP contribution in [0.2, 0.25) is 0 Å². The highest BCUT2D eigenvalue weighted by Crippen LogP contribution is 2.30. The molecule has 0 spiro atoms. The van der Waals surface area contributed by atoms with Gasteiger partial charge < -0.3 is 16.7 Å². The summed E-state index contributed by atoms with van der Waals surface area (Å²) in [6.45, 7) is 1.91. The molecule has 0 amide bonds. The fraction of sp³-hybridized carbons (Fsp3) is 0.286. The Kier molecular flexibility index (Phi) is 2.74. The monoisotopic (exact) mass is 255 g/mol. The van der Waals surface area contributed by atoms with Crippen LogP contribution in [0.1, 0.15) is 36.6 Å². The Morgan fingerprint density at radius 2 is 2.11 bits per heavy atom. The molecular formula is C14H17N5. The first kappa shape index (κ1) is 11.8. The van der Waals surface area contributed by atoms with Gasteiger partial charge >= 0.3 is 0 Å². The van der Waals surface area contributed by atoms with Gasteiger partial charge in [-0.1, -0.05) is 6.07 Å². The Hall–Kier alpha value is -2.30. The minimum absolute atomic E-state index is 0.834. The Bertz CT molecular complexity index is 693. The third kappa shape index (κ3) is 1.78. The summed E-state index contributed by atoms with van der Waals surface area (Å²) in [6.07, 6.45) is 3.08. The molecule has 0 fully saturated rings. The first-order chi connectivity index (χ1) is 9.24. The molecule has 1 aromatic carbocycles. The highest BCUT2D eigenvalue weighted by atomic mass is 15.1. The molecule has 1 aliphatic rings. The first-order valence-electron chi connectivity index (χ1n) is 6.41. The van der Waals surface area contributed by atoms with Crippen LogP contribution in [-0.2, 0) is 6.42 Å². The van der Waals surface area contributed by atoms with Crippen LogP contribution in [0.5, 0.6) is 0 Å². The lowest BCUT2D eigenvalue weighted by Gasteiger charge is -2.12. The van der Waals surface area contributed by atoms with E-state index >= 15 is 0 Å². The summed E-state index contributed by atoms with van der Waals surface area (Å²) in [5, 5.41) is 8.87. The fourth-order valence-corrected chi connectivity index (χ4v) is 2.74. The largest absolute Gasteiger partial charge is 0.353 e. The lowest BCUT2D eigenvalue weighted by atomic mass is 9.93. The van der Waals surface area contributed by atoms with E-state index in [1.54, 1.807) is 0 Å². The second-order valence-corrected chi connectivity index (χ2v) is 4.88. The van der Waals surface area contributed by atoms with Crippen LogP contribution >= 0.6 is 0 Å². The lowest BCUT2D eigenvalue weighted by Crippen LogP contribution is -2.13. The molecule has 0 unspecified atom stereocenters. The van der Waals surface area contributed by atoms with Crippen molar-refractivity contribution in [1.82, 2.24) is 4.98 Å². The molecule has 5 N–H and O–H groups in total. The molecule has 0 aliphatic heterocycles. The fourth-order valence-electron chi connectivity index (χ4n) is 2.74. The van der Waals surface area contributed by atoms with Crippen LogP contribution in [0.15, 0.2) is 28.4 Å². The number of benzene rings is 1. The van der Waals surface area contributed by atoms with E-state index in [4.69, 9.17) is 11.7 Å². The summed E-state index contributed by atoms with van der Waals surface area (Å²) in [5.74, 6) is 10.8. The summed E-state index contributed by atoms with van der Waals surface area (Å²) in [7, 11) is 0. The van der Waals surface area contributed by atoms with Gasteiger partial charge in [0.1, 0.15) is 0 Å². The van der Waals surface area contributed by atoms with Crippen LogP contribution < -0.4 is 11.7 Å². The lowest BCUT2D eigenvalue weighted by molar-refractivity contribution is 0.837. The average molecular weight is 255 g/mol. The second kappa shape index (κ2) is 4.42. The van der Waals surface area contributed by atoms with E-state index in [1.807, 2.05) is 13.0 Å². The van der Waals surface area contributed by atoms with Crippen molar-refractivity contribution >= 4 is 22.3 Å². The van der Waals surface area contributed by atoms with Crippen LogP contribution in [0.25, 0.3) is 10.9 Å². The van der Waals surface area contributed by atoms with E-state index < -0.39 is 0 Å². The molecule has 5 heteroatoms. The number of aromatic nitrogens is 1. The number of nitrogens with one attached hydrogen (secondary N) is 1. The van der Waals surface area contributed by atoms with Gasteiger partial charge in [0.05, 0.1) is 17.1 Å². The molecule has 98 valence electrons. The van der Waals surface area contributed by atoms with Crippen LogP contribution in [0.4, 0.5) is 0 Å². The Balaban J connectivity index is 2.24. The van der Waals surface area contributed by atoms with E-state index in [2.05, 4.69) is 27.3 Å². The zero-order valence-corrected chi connectivity index (χ0v) is 10.9. The maximum atomic E-state index is 5.47. The van der Waals surface area contributed by atoms with Gasteiger partial charge in [-0.2, -0.15) is 10.2 Å². The second-order valence-electron chi connectivity index (χ2n) is 4.88. The molecule has 1 aliphatic carbocycles. The smallest absolute Gasteiger partial charge is 0.0837 e. The van der Waals surface area contributed by atoms with Crippen LogP contribution in [0, 0.1) is 0 Å². The van der Waals surface area contributed by atoms with E-state index in [0.717, 1.165) is 47.5 Å². The predicted octanol–water partition coefficient (Wildman–Crippen LogP) is 1.85. The number of rotatable bonds is 1. The summed E-state index contributed by atoms with van der Waals surface area (Å²) < 4.78 is 0. The summed E-state index contributed by atoms with van der Waals surface area (Å²) in [6, 6.07) is 6.22. The van der Waals surface area contributed by atoms with E-state index in [0.29, 0.717) is 0 Å². The van der Waals surface area contributed by atoms with Gasteiger partial charge in [0.25, 0.3) is 0 Å². The molecule has 0 bridgehead atoms. The summed E-state index contributed by atoms with van der Waals surface area (Å²) in [4.78, 5) is 3.42. The van der Waals surface area contributed by atoms with Gasteiger partial charge in [-0.25, -0.2) is 0 Å². The highest BCUT2D eigenvalue weighted by Gasteiger charge is 2.20. The predicted molar refractivity (Wildman–Crippen MR) is 78.4 cm³/mol. The number of hydrazone groups is 2. The van der Waals surface area contributed by atoms with E-state index in [9.17, 15) is 0 Å². The average Bonchev–Trinajstić information content (AvgIpc) is 2.84. The normalized spacial score (nSPS) is 17.9. The van der Waals surface area contributed by atoms with Crippen molar-refractivity contribution in [1.29, 1.82) is 0 Å². The zero-order chi connectivity index (χ0) is 13.4. The number of nitrogens with zero attached hydrogens (tertiary/aromatic N) is 2. The number of nitrogens with two attached hydrogens (primary N) is 2. The van der Waals surface area contributed by atoms with Crippen LogP contribution in [0.3, 0.4) is 0 Å². The maximum Gasteiger partial charge on any atom is 0.0837 e. The zero-order valence-electron chi connectivity index (χ0n) is 10.9. The minimum Gasteiger partial charge on any atom is -0.353 e. The molecule has 19 heavy (non-hydrogen) atoms. The number of hydrogen-bond acceptors (Lipinski definition) is 4. The van der Waals surface area contributed by atoms with Crippen molar-refractivity contribution < 1.29 is 0 Å². The first-order valence-corrected chi connectivity index (χ1v) is 6.41. The molecule has 0 saturated heterocycles. The molecule has 0 saturated carbocycles. The van der Waals surface area contributed by atoms with Crippen molar-refractivity contribution in [3.63, 3.8) is 0 Å². The van der Waals surface area contributed by atoms with Crippen molar-refractivity contribution in [2.24, 2.45) is 21.9 Å². The van der Waals surface area contributed by atoms with Crippen molar-refractivity contribution in [2.75, 3.05) is 0 Å². The van der Waals surface area contributed by atoms with E-state index in [1.165, 1.54) is 10.9 Å². The summed E-state index contributed by atoms with van der Waals surface area (Å²) in [5.41, 5.74) is 6.35. The van der Waals surface area contributed by atoms with Crippen molar-refractivity contribution in [2.45, 2.75) is 26.2 Å². The molecule has 2 aromatic rings. The topological polar surface area (TPSA) is 92.5 Å². The van der Waals surface area contributed by atoms with Gasteiger partial charge in [-0.05, 0) is 49.4 Å². The third-order valence-electron chi connectivity index (χ3n) is 3.80. The molecular weight excluding hydrogens is 238 g/mol.